The topological polar surface area (TPSA) is 61.9 Å². The molecule has 6 heteroatoms. The van der Waals surface area contributed by atoms with Gasteiger partial charge in [0.25, 0.3) is 0 Å². The maximum absolute atomic E-state index is 12.3. The van der Waals surface area contributed by atoms with E-state index in [9.17, 15) is 9.59 Å². The molecule has 0 unspecified atom stereocenters. The zero-order chi connectivity index (χ0) is 18.4. The average molecular weight is 353 g/mol. The molecule has 0 radical (unpaired) electrons. The van der Waals surface area contributed by atoms with Crippen LogP contribution in [0.4, 0.5) is 10.5 Å². The molecule has 136 valence electrons. The number of amides is 2. The Morgan fingerprint density at radius 1 is 0.962 bits per heavy atom. The molecule has 2 aromatic carbocycles. The lowest BCUT2D eigenvalue weighted by molar-refractivity contribution is 0.0600. The predicted octanol–water partition coefficient (Wildman–Crippen LogP) is 2.51. The number of carbonyl (C=O) groups excluding carboxylic acids is 2. The van der Waals surface area contributed by atoms with Gasteiger partial charge in [-0.05, 0) is 29.8 Å². The van der Waals surface area contributed by atoms with Gasteiger partial charge in [-0.2, -0.15) is 0 Å². The molecule has 1 N–H and O–H groups in total. The van der Waals surface area contributed by atoms with Gasteiger partial charge in [0.05, 0.1) is 12.7 Å². The third kappa shape index (κ3) is 4.33. The van der Waals surface area contributed by atoms with E-state index in [4.69, 9.17) is 4.74 Å². The number of carbonyl (C=O) groups is 2. The summed E-state index contributed by atoms with van der Waals surface area (Å²) in [6.45, 7) is 3.39. The van der Waals surface area contributed by atoms with Crippen LogP contribution in [0.1, 0.15) is 15.9 Å². The minimum absolute atomic E-state index is 0.0328. The number of esters is 1. The van der Waals surface area contributed by atoms with Crippen LogP contribution < -0.4 is 10.2 Å². The summed E-state index contributed by atoms with van der Waals surface area (Å²) in [6, 6.07) is 17.2. The van der Waals surface area contributed by atoms with Crippen LogP contribution in [-0.4, -0.2) is 50.2 Å². The fourth-order valence-electron chi connectivity index (χ4n) is 2.98. The van der Waals surface area contributed by atoms with Crippen LogP contribution in [-0.2, 0) is 11.3 Å². The Balaban J connectivity index is 1.49. The Morgan fingerprint density at radius 3 is 2.23 bits per heavy atom. The van der Waals surface area contributed by atoms with E-state index in [1.165, 1.54) is 7.11 Å². The van der Waals surface area contributed by atoms with Crippen molar-refractivity contribution in [2.45, 2.75) is 6.54 Å². The number of ether oxygens (including phenoxy) is 1. The molecule has 0 spiro atoms. The van der Waals surface area contributed by atoms with Crippen LogP contribution in [0.3, 0.4) is 0 Å². The number of rotatable bonds is 4. The average Bonchev–Trinajstić information content (AvgIpc) is 2.72. The van der Waals surface area contributed by atoms with Gasteiger partial charge in [-0.25, -0.2) is 9.59 Å². The molecule has 0 saturated carbocycles. The van der Waals surface area contributed by atoms with Crippen molar-refractivity contribution in [2.75, 3.05) is 38.2 Å². The van der Waals surface area contributed by atoms with Crippen molar-refractivity contribution in [1.29, 1.82) is 0 Å². The van der Waals surface area contributed by atoms with E-state index in [0.29, 0.717) is 25.2 Å². The molecule has 6 nitrogen and oxygen atoms in total. The van der Waals surface area contributed by atoms with E-state index in [0.717, 1.165) is 24.3 Å². The Morgan fingerprint density at radius 2 is 1.62 bits per heavy atom. The molecule has 1 aliphatic rings. The van der Waals surface area contributed by atoms with E-state index < -0.39 is 0 Å². The number of piperazine rings is 1. The maximum atomic E-state index is 12.3. The van der Waals surface area contributed by atoms with Gasteiger partial charge in [-0.3, -0.25) is 0 Å². The Hall–Kier alpha value is -3.02. The van der Waals surface area contributed by atoms with Gasteiger partial charge in [-0.15, -0.1) is 0 Å². The van der Waals surface area contributed by atoms with E-state index >= 15 is 0 Å². The van der Waals surface area contributed by atoms with Crippen LogP contribution in [0.25, 0.3) is 0 Å². The smallest absolute Gasteiger partial charge is 0.337 e. The van der Waals surface area contributed by atoms with Gasteiger partial charge in [-0.1, -0.05) is 30.3 Å². The van der Waals surface area contributed by atoms with Crippen molar-refractivity contribution in [3.8, 4) is 0 Å². The summed E-state index contributed by atoms with van der Waals surface area (Å²) in [5.41, 5.74) is 2.67. The second-order valence-corrected chi connectivity index (χ2v) is 6.16. The van der Waals surface area contributed by atoms with E-state index in [2.05, 4.69) is 10.2 Å². The summed E-state index contributed by atoms with van der Waals surface area (Å²) in [5.74, 6) is -0.337. The van der Waals surface area contributed by atoms with Crippen molar-refractivity contribution >= 4 is 17.7 Å². The van der Waals surface area contributed by atoms with E-state index in [-0.39, 0.29) is 12.0 Å². The summed E-state index contributed by atoms with van der Waals surface area (Å²) in [4.78, 5) is 27.9. The van der Waals surface area contributed by atoms with Crippen molar-refractivity contribution in [3.63, 3.8) is 0 Å². The molecule has 2 aromatic rings. The highest BCUT2D eigenvalue weighted by atomic mass is 16.5. The van der Waals surface area contributed by atoms with Crippen molar-refractivity contribution in [1.82, 2.24) is 10.2 Å². The predicted molar refractivity (Wildman–Crippen MR) is 100 cm³/mol. The Kier molecular flexibility index (Phi) is 5.73. The zero-order valence-corrected chi connectivity index (χ0v) is 14.9. The molecule has 0 bridgehead atoms. The summed E-state index contributed by atoms with van der Waals surface area (Å²) in [5, 5.41) is 2.97. The van der Waals surface area contributed by atoms with Crippen LogP contribution in [0.5, 0.6) is 0 Å². The first kappa shape index (κ1) is 17.8. The molecular formula is C20H23N3O3. The van der Waals surface area contributed by atoms with Crippen molar-refractivity contribution < 1.29 is 14.3 Å². The first-order valence-electron chi connectivity index (χ1n) is 8.67. The fraction of sp³-hybridized carbons (Fsp3) is 0.300. The Labute approximate surface area is 153 Å². The van der Waals surface area contributed by atoms with Gasteiger partial charge in [0.2, 0.25) is 0 Å². The lowest BCUT2D eigenvalue weighted by Gasteiger charge is -2.36. The molecule has 0 aliphatic carbocycles. The van der Waals surface area contributed by atoms with E-state index in [1.807, 2.05) is 47.4 Å². The second-order valence-electron chi connectivity index (χ2n) is 6.16. The number of nitrogens with one attached hydrogen (secondary N) is 1. The van der Waals surface area contributed by atoms with Gasteiger partial charge in [0, 0.05) is 38.4 Å². The van der Waals surface area contributed by atoms with Gasteiger partial charge in [0.1, 0.15) is 0 Å². The quantitative estimate of drug-likeness (QED) is 0.858. The summed E-state index contributed by atoms with van der Waals surface area (Å²) in [6.07, 6.45) is 0. The van der Waals surface area contributed by atoms with Crippen LogP contribution >= 0.6 is 0 Å². The molecular weight excluding hydrogens is 330 g/mol. The number of anilines is 1. The normalized spacial score (nSPS) is 14.0. The first-order chi connectivity index (χ1) is 12.7. The molecule has 1 fully saturated rings. The van der Waals surface area contributed by atoms with E-state index in [1.54, 1.807) is 12.1 Å². The molecule has 3 rings (SSSR count). The fourth-order valence-corrected chi connectivity index (χ4v) is 2.98. The summed E-state index contributed by atoms with van der Waals surface area (Å²) < 4.78 is 4.71. The number of nitrogens with zero attached hydrogens (tertiary/aromatic N) is 2. The molecule has 1 aliphatic heterocycles. The lowest BCUT2D eigenvalue weighted by atomic mass is 10.2. The summed E-state index contributed by atoms with van der Waals surface area (Å²) >= 11 is 0. The zero-order valence-electron chi connectivity index (χ0n) is 14.9. The van der Waals surface area contributed by atoms with Gasteiger partial charge >= 0.3 is 12.0 Å². The molecule has 1 saturated heterocycles. The van der Waals surface area contributed by atoms with Gasteiger partial charge in [0.15, 0.2) is 0 Å². The minimum atomic E-state index is -0.337. The van der Waals surface area contributed by atoms with Crippen LogP contribution in [0.2, 0.25) is 0 Å². The number of benzene rings is 2. The molecule has 0 atom stereocenters. The largest absolute Gasteiger partial charge is 0.465 e. The highest BCUT2D eigenvalue weighted by Crippen LogP contribution is 2.18. The third-order valence-electron chi connectivity index (χ3n) is 4.51. The highest BCUT2D eigenvalue weighted by molar-refractivity contribution is 5.89. The third-order valence-corrected chi connectivity index (χ3v) is 4.51. The second kappa shape index (κ2) is 8.38. The lowest BCUT2D eigenvalue weighted by Crippen LogP contribution is -2.51. The maximum Gasteiger partial charge on any atom is 0.337 e. The molecule has 0 aromatic heterocycles. The van der Waals surface area contributed by atoms with Gasteiger partial charge < -0.3 is 19.9 Å². The summed E-state index contributed by atoms with van der Waals surface area (Å²) in [7, 11) is 1.37. The van der Waals surface area contributed by atoms with Crippen LogP contribution in [0.15, 0.2) is 54.6 Å². The number of hydrogen-bond acceptors (Lipinski definition) is 4. The van der Waals surface area contributed by atoms with Crippen LogP contribution in [0, 0.1) is 0 Å². The SMILES string of the molecule is COC(=O)c1ccc(N2CCN(C(=O)NCc3ccccc3)CC2)cc1. The van der Waals surface area contributed by atoms with Crippen molar-refractivity contribution in [2.24, 2.45) is 0 Å². The molecule has 26 heavy (non-hydrogen) atoms. The first-order valence-corrected chi connectivity index (χ1v) is 8.67. The highest BCUT2D eigenvalue weighted by Gasteiger charge is 2.21. The standard InChI is InChI=1S/C20H23N3O3/c1-26-19(24)17-7-9-18(10-8-17)22-11-13-23(14-12-22)20(25)21-15-16-5-3-2-4-6-16/h2-10H,11-15H2,1H3,(H,21,25). The van der Waals surface area contributed by atoms with Crippen molar-refractivity contribution in [3.05, 3.63) is 65.7 Å². The number of urea groups is 1. The molecule has 2 amide bonds. The monoisotopic (exact) mass is 353 g/mol. The molecule has 1 heterocycles. The minimum Gasteiger partial charge on any atom is -0.465 e. The Bertz CT molecular complexity index is 739. The number of hydrogen-bond donors (Lipinski definition) is 1. The number of methoxy groups -OCH3 is 1.